The lowest BCUT2D eigenvalue weighted by molar-refractivity contribution is -0.139. The van der Waals surface area contributed by atoms with E-state index in [-0.39, 0.29) is 29.9 Å². The van der Waals surface area contributed by atoms with Crippen molar-refractivity contribution in [3.8, 4) is 11.5 Å². The van der Waals surface area contributed by atoms with Crippen LogP contribution in [0.15, 0.2) is 42.5 Å². The zero-order valence-corrected chi connectivity index (χ0v) is 19.0. The Morgan fingerprint density at radius 1 is 1.09 bits per heavy atom. The van der Waals surface area contributed by atoms with Gasteiger partial charge in [-0.3, -0.25) is 14.4 Å². The van der Waals surface area contributed by atoms with Gasteiger partial charge in [0.25, 0.3) is 0 Å². The number of benzene rings is 2. The van der Waals surface area contributed by atoms with Crippen LogP contribution in [0.2, 0.25) is 0 Å². The van der Waals surface area contributed by atoms with Crippen molar-refractivity contribution in [2.75, 3.05) is 31.6 Å². The smallest absolute Gasteiger partial charge is 0.228 e. The highest BCUT2D eigenvalue weighted by atomic mass is 16.5. The molecule has 2 aromatic carbocycles. The predicted octanol–water partition coefficient (Wildman–Crippen LogP) is 3.38. The van der Waals surface area contributed by atoms with Gasteiger partial charge in [-0.15, -0.1) is 0 Å². The number of piperidine rings is 1. The van der Waals surface area contributed by atoms with Gasteiger partial charge in [-0.1, -0.05) is 11.6 Å². The third-order valence-electron chi connectivity index (χ3n) is 7.09. The molecule has 7 nitrogen and oxygen atoms in total. The van der Waals surface area contributed by atoms with Crippen molar-refractivity contribution in [1.29, 1.82) is 0 Å². The molecule has 3 aliphatic rings. The van der Waals surface area contributed by atoms with Crippen LogP contribution in [0.3, 0.4) is 0 Å². The number of carbonyl (C=O) groups is 3. The fraction of sp³-hybridized carbons (Fsp3) is 0.423. The monoisotopic (exact) mass is 448 g/mol. The minimum Gasteiger partial charge on any atom is -0.497 e. The number of likely N-dealkylation sites (tertiary alicyclic amines) is 1. The van der Waals surface area contributed by atoms with Crippen molar-refractivity contribution in [3.05, 3.63) is 53.6 Å². The number of methoxy groups -OCH3 is 1. The van der Waals surface area contributed by atoms with Gasteiger partial charge in [0.05, 0.1) is 25.0 Å². The fourth-order valence-electron chi connectivity index (χ4n) is 5.16. The summed E-state index contributed by atoms with van der Waals surface area (Å²) in [5, 5.41) is 0. The molecule has 1 atom stereocenters. The maximum Gasteiger partial charge on any atom is 0.228 e. The minimum absolute atomic E-state index is 0.00683. The Balaban J connectivity index is 1.22. The van der Waals surface area contributed by atoms with Crippen molar-refractivity contribution in [2.45, 2.75) is 38.2 Å². The summed E-state index contributed by atoms with van der Waals surface area (Å²) in [6.07, 6.45) is 1.79. The Kier molecular flexibility index (Phi) is 5.35. The molecule has 5 rings (SSSR count). The lowest BCUT2D eigenvalue weighted by Gasteiger charge is -2.44. The standard InChI is InChI=1S/C26H28N2O5/c1-17-3-8-23-21(13-17)22(29)15-26(33-23)9-11-27(12-10-26)25(31)18-14-24(30)28(16-18)19-4-6-20(32-2)7-5-19/h3-8,13,18H,9-12,14-16H2,1-2H3. The second-order valence-corrected chi connectivity index (χ2v) is 9.31. The third kappa shape index (κ3) is 3.96. The summed E-state index contributed by atoms with van der Waals surface area (Å²) >= 11 is 0. The van der Waals surface area contributed by atoms with Gasteiger partial charge in [-0.2, -0.15) is 0 Å². The number of hydrogen-bond acceptors (Lipinski definition) is 5. The number of fused-ring (bicyclic) bond motifs is 1. The van der Waals surface area contributed by atoms with E-state index < -0.39 is 5.60 Å². The summed E-state index contributed by atoms with van der Waals surface area (Å²) in [4.78, 5) is 42.1. The molecule has 3 heterocycles. The van der Waals surface area contributed by atoms with E-state index in [0.717, 1.165) is 17.0 Å². The zero-order chi connectivity index (χ0) is 23.2. The molecule has 2 amide bonds. The molecule has 1 spiro atoms. The number of ketones is 1. The van der Waals surface area contributed by atoms with E-state index in [0.29, 0.717) is 50.2 Å². The molecule has 0 aromatic heterocycles. The molecule has 0 bridgehead atoms. The molecule has 33 heavy (non-hydrogen) atoms. The van der Waals surface area contributed by atoms with Crippen LogP contribution in [0.25, 0.3) is 0 Å². The van der Waals surface area contributed by atoms with E-state index in [2.05, 4.69) is 0 Å². The SMILES string of the molecule is COc1ccc(N2CC(C(=O)N3CCC4(CC3)CC(=O)c3cc(C)ccc3O4)CC2=O)cc1. The second-order valence-electron chi connectivity index (χ2n) is 9.31. The highest BCUT2D eigenvalue weighted by Gasteiger charge is 2.45. The van der Waals surface area contributed by atoms with E-state index in [1.54, 1.807) is 12.0 Å². The molecule has 2 fully saturated rings. The number of nitrogens with zero attached hydrogens (tertiary/aromatic N) is 2. The molecule has 3 aliphatic heterocycles. The summed E-state index contributed by atoms with van der Waals surface area (Å²) in [5.41, 5.74) is 1.92. The summed E-state index contributed by atoms with van der Waals surface area (Å²) < 4.78 is 11.5. The number of aryl methyl sites for hydroxylation is 1. The number of hydrogen-bond donors (Lipinski definition) is 0. The largest absolute Gasteiger partial charge is 0.497 e. The molecule has 0 N–H and O–H groups in total. The first-order chi connectivity index (χ1) is 15.9. The van der Waals surface area contributed by atoms with E-state index in [1.165, 1.54) is 0 Å². The van der Waals surface area contributed by atoms with Crippen LogP contribution in [-0.4, -0.2) is 54.8 Å². The van der Waals surface area contributed by atoms with Crippen LogP contribution in [0.5, 0.6) is 11.5 Å². The number of amides is 2. The Morgan fingerprint density at radius 3 is 2.52 bits per heavy atom. The first kappa shape index (κ1) is 21.5. The summed E-state index contributed by atoms with van der Waals surface area (Å²) in [7, 11) is 1.60. The lowest BCUT2D eigenvalue weighted by Crippen LogP contribution is -2.53. The maximum atomic E-state index is 13.2. The van der Waals surface area contributed by atoms with Crippen LogP contribution in [0.1, 0.15) is 41.6 Å². The Hall–Kier alpha value is -3.35. The number of anilines is 1. The van der Waals surface area contributed by atoms with Crippen molar-refractivity contribution in [2.24, 2.45) is 5.92 Å². The Labute approximate surface area is 193 Å². The first-order valence-electron chi connectivity index (χ1n) is 11.4. The number of Topliss-reactive ketones (excluding diaryl/α,β-unsaturated/α-hetero) is 1. The van der Waals surface area contributed by atoms with E-state index in [4.69, 9.17) is 9.47 Å². The van der Waals surface area contributed by atoms with Gasteiger partial charge < -0.3 is 19.3 Å². The molecule has 2 aromatic rings. The maximum absolute atomic E-state index is 13.2. The zero-order valence-electron chi connectivity index (χ0n) is 19.0. The molecule has 7 heteroatoms. The second kappa shape index (κ2) is 8.21. The van der Waals surface area contributed by atoms with Crippen LogP contribution in [0.4, 0.5) is 5.69 Å². The summed E-state index contributed by atoms with van der Waals surface area (Å²) in [6, 6.07) is 13.0. The van der Waals surface area contributed by atoms with Gasteiger partial charge >= 0.3 is 0 Å². The van der Waals surface area contributed by atoms with Gasteiger partial charge in [0.1, 0.15) is 17.1 Å². The average Bonchev–Trinajstić information content (AvgIpc) is 3.21. The van der Waals surface area contributed by atoms with Crippen molar-refractivity contribution < 1.29 is 23.9 Å². The molecular weight excluding hydrogens is 420 g/mol. The lowest BCUT2D eigenvalue weighted by atomic mass is 9.82. The molecular formula is C26H28N2O5. The molecule has 0 radical (unpaired) electrons. The van der Waals surface area contributed by atoms with Crippen molar-refractivity contribution in [3.63, 3.8) is 0 Å². The predicted molar refractivity (Wildman–Crippen MR) is 123 cm³/mol. The van der Waals surface area contributed by atoms with Crippen molar-refractivity contribution in [1.82, 2.24) is 4.90 Å². The van der Waals surface area contributed by atoms with Gasteiger partial charge in [-0.25, -0.2) is 0 Å². The van der Waals surface area contributed by atoms with Crippen LogP contribution < -0.4 is 14.4 Å². The highest BCUT2D eigenvalue weighted by molar-refractivity contribution is 6.01. The van der Waals surface area contributed by atoms with Gasteiger partial charge in [0, 0.05) is 44.6 Å². The first-order valence-corrected chi connectivity index (χ1v) is 11.4. The highest BCUT2D eigenvalue weighted by Crippen LogP contribution is 2.40. The number of carbonyl (C=O) groups excluding carboxylic acids is 3. The van der Waals surface area contributed by atoms with E-state index in [1.807, 2.05) is 54.3 Å². The van der Waals surface area contributed by atoms with Gasteiger partial charge in [-0.05, 0) is 43.3 Å². The molecule has 0 saturated carbocycles. The Morgan fingerprint density at radius 2 is 1.82 bits per heavy atom. The van der Waals surface area contributed by atoms with Crippen LogP contribution >= 0.6 is 0 Å². The minimum atomic E-state index is -0.545. The fourth-order valence-corrected chi connectivity index (χ4v) is 5.16. The van der Waals surface area contributed by atoms with E-state index in [9.17, 15) is 14.4 Å². The molecule has 2 saturated heterocycles. The quantitative estimate of drug-likeness (QED) is 0.720. The third-order valence-corrected chi connectivity index (χ3v) is 7.09. The van der Waals surface area contributed by atoms with Crippen LogP contribution in [-0.2, 0) is 9.59 Å². The van der Waals surface area contributed by atoms with Gasteiger partial charge in [0.2, 0.25) is 11.8 Å². The molecule has 0 aliphatic carbocycles. The number of ether oxygens (including phenoxy) is 2. The number of rotatable bonds is 3. The molecule has 1 unspecified atom stereocenters. The van der Waals surface area contributed by atoms with Crippen molar-refractivity contribution >= 4 is 23.3 Å². The van der Waals surface area contributed by atoms with E-state index >= 15 is 0 Å². The van der Waals surface area contributed by atoms with Crippen LogP contribution in [0, 0.1) is 12.8 Å². The normalized spacial score (nSPS) is 21.7. The van der Waals surface area contributed by atoms with Gasteiger partial charge in [0.15, 0.2) is 5.78 Å². The summed E-state index contributed by atoms with van der Waals surface area (Å²) in [6.45, 7) is 3.40. The Bertz CT molecular complexity index is 1100. The topological polar surface area (TPSA) is 76.2 Å². The summed E-state index contributed by atoms with van der Waals surface area (Å²) in [5.74, 6) is 1.09. The average molecular weight is 449 g/mol. The molecule has 172 valence electrons.